The van der Waals surface area contributed by atoms with Crippen molar-refractivity contribution in [3.05, 3.63) is 54.1 Å². The molecule has 4 rings (SSSR count). The minimum atomic E-state index is -0.324. The predicted octanol–water partition coefficient (Wildman–Crippen LogP) is 3.68. The van der Waals surface area contributed by atoms with Crippen LogP contribution in [-0.2, 0) is 10.4 Å². The van der Waals surface area contributed by atoms with Gasteiger partial charge in [-0.25, -0.2) is 0 Å². The molecule has 0 radical (unpaired) electrons. The van der Waals surface area contributed by atoms with Crippen molar-refractivity contribution < 1.29 is 9.53 Å². The summed E-state index contributed by atoms with van der Waals surface area (Å²) in [7, 11) is 0. The van der Waals surface area contributed by atoms with Crippen LogP contribution >= 0.6 is 11.8 Å². The maximum atomic E-state index is 11.0. The van der Waals surface area contributed by atoms with Gasteiger partial charge in [0.2, 0.25) is 6.41 Å². The third kappa shape index (κ3) is 2.18. The van der Waals surface area contributed by atoms with Gasteiger partial charge in [-0.1, -0.05) is 42.1 Å². The molecule has 2 aliphatic heterocycles. The van der Waals surface area contributed by atoms with E-state index in [0.29, 0.717) is 0 Å². The van der Waals surface area contributed by atoms with Gasteiger partial charge in [0.1, 0.15) is 11.4 Å². The van der Waals surface area contributed by atoms with Gasteiger partial charge in [0.25, 0.3) is 0 Å². The summed E-state index contributed by atoms with van der Waals surface area (Å²) in [5, 5.41) is 0. The van der Waals surface area contributed by atoms with Crippen molar-refractivity contribution in [2.75, 3.05) is 13.1 Å². The standard InChI is InChI=1S/C18H17NO2S/c20-13-19-11-9-18(10-12-19)14-5-1-3-7-16(14)22-17-8-4-2-6-15(17)21-18/h1-8,13H,9-12H2. The van der Waals surface area contributed by atoms with Gasteiger partial charge in [0.05, 0.1) is 4.90 Å². The molecule has 0 aromatic heterocycles. The average molecular weight is 311 g/mol. The number of fused-ring (bicyclic) bond motifs is 3. The Bertz CT molecular complexity index is 708. The minimum Gasteiger partial charge on any atom is -0.481 e. The van der Waals surface area contributed by atoms with Crippen LogP contribution in [0.5, 0.6) is 5.75 Å². The van der Waals surface area contributed by atoms with Crippen molar-refractivity contribution in [1.29, 1.82) is 0 Å². The van der Waals surface area contributed by atoms with Crippen molar-refractivity contribution >= 4 is 18.2 Å². The molecule has 2 aromatic carbocycles. The Morgan fingerprint density at radius 3 is 2.45 bits per heavy atom. The summed E-state index contributed by atoms with van der Waals surface area (Å²) >= 11 is 1.77. The van der Waals surface area contributed by atoms with Crippen LogP contribution < -0.4 is 4.74 Å². The Labute approximate surface area is 134 Å². The number of nitrogens with zero attached hydrogens (tertiary/aromatic N) is 1. The summed E-state index contributed by atoms with van der Waals surface area (Å²) in [5.41, 5.74) is 0.928. The molecule has 2 aromatic rings. The number of carbonyl (C=O) groups is 1. The highest BCUT2D eigenvalue weighted by Gasteiger charge is 2.41. The van der Waals surface area contributed by atoms with Crippen molar-refractivity contribution in [3.63, 3.8) is 0 Å². The second kappa shape index (κ2) is 5.36. The Kier molecular flexibility index (Phi) is 3.34. The van der Waals surface area contributed by atoms with Gasteiger partial charge in [-0.05, 0) is 18.2 Å². The Morgan fingerprint density at radius 2 is 1.68 bits per heavy atom. The molecule has 0 N–H and O–H groups in total. The van der Waals surface area contributed by atoms with E-state index in [1.54, 1.807) is 11.8 Å². The number of hydrogen-bond acceptors (Lipinski definition) is 3. The highest BCUT2D eigenvalue weighted by molar-refractivity contribution is 7.99. The molecular formula is C18H17NO2S. The van der Waals surface area contributed by atoms with Crippen molar-refractivity contribution in [1.82, 2.24) is 4.90 Å². The van der Waals surface area contributed by atoms with Gasteiger partial charge >= 0.3 is 0 Å². The molecule has 4 heteroatoms. The molecule has 22 heavy (non-hydrogen) atoms. The number of amides is 1. The second-order valence-corrected chi connectivity index (χ2v) is 6.87. The van der Waals surface area contributed by atoms with Crippen molar-refractivity contribution in [2.45, 2.75) is 28.2 Å². The van der Waals surface area contributed by atoms with Crippen LogP contribution in [0, 0.1) is 0 Å². The number of ether oxygens (including phenoxy) is 1. The van der Waals surface area contributed by atoms with Crippen molar-refractivity contribution in [3.8, 4) is 5.75 Å². The molecule has 1 saturated heterocycles. The number of rotatable bonds is 1. The molecule has 112 valence electrons. The van der Waals surface area contributed by atoms with E-state index in [4.69, 9.17) is 4.74 Å². The molecular weight excluding hydrogens is 294 g/mol. The van der Waals surface area contributed by atoms with E-state index < -0.39 is 0 Å². The topological polar surface area (TPSA) is 29.5 Å². The first kappa shape index (κ1) is 13.7. The summed E-state index contributed by atoms with van der Waals surface area (Å²) < 4.78 is 6.54. The lowest BCUT2D eigenvalue weighted by Crippen LogP contribution is -2.45. The first-order chi connectivity index (χ1) is 10.8. The highest BCUT2D eigenvalue weighted by atomic mass is 32.2. The average Bonchev–Trinajstić information content (AvgIpc) is 2.70. The Balaban J connectivity index is 1.82. The predicted molar refractivity (Wildman–Crippen MR) is 86.2 cm³/mol. The fourth-order valence-corrected chi connectivity index (χ4v) is 4.40. The van der Waals surface area contributed by atoms with E-state index in [2.05, 4.69) is 30.3 Å². The summed E-state index contributed by atoms with van der Waals surface area (Å²) in [6, 6.07) is 16.7. The van der Waals surface area contributed by atoms with Gasteiger partial charge in [-0.15, -0.1) is 0 Å². The van der Waals surface area contributed by atoms with Crippen LogP contribution in [0.4, 0.5) is 0 Å². The number of piperidine rings is 1. The lowest BCUT2D eigenvalue weighted by Gasteiger charge is -2.41. The fraction of sp³-hybridized carbons (Fsp3) is 0.278. The van der Waals surface area contributed by atoms with Gasteiger partial charge in [-0.3, -0.25) is 4.79 Å². The van der Waals surface area contributed by atoms with Gasteiger partial charge < -0.3 is 9.64 Å². The number of hydrogen-bond donors (Lipinski definition) is 0. The molecule has 0 aliphatic carbocycles. The molecule has 0 unspecified atom stereocenters. The smallest absolute Gasteiger partial charge is 0.209 e. The van der Waals surface area contributed by atoms with Crippen molar-refractivity contribution in [2.24, 2.45) is 0 Å². The number of likely N-dealkylation sites (tertiary alicyclic amines) is 1. The van der Waals surface area contributed by atoms with Gasteiger partial charge in [-0.2, -0.15) is 0 Å². The lowest BCUT2D eigenvalue weighted by molar-refractivity contribution is -0.121. The second-order valence-electron chi connectivity index (χ2n) is 5.78. The zero-order valence-corrected chi connectivity index (χ0v) is 13.0. The van der Waals surface area contributed by atoms with Crippen LogP contribution in [0.3, 0.4) is 0 Å². The van der Waals surface area contributed by atoms with Gasteiger partial charge in [0.15, 0.2) is 0 Å². The molecule has 2 heterocycles. The van der Waals surface area contributed by atoms with Crippen LogP contribution in [0.2, 0.25) is 0 Å². The molecule has 0 atom stereocenters. The SMILES string of the molecule is O=CN1CCC2(CC1)Oc1ccccc1Sc1ccccc12. The van der Waals surface area contributed by atoms with E-state index in [0.717, 1.165) is 43.0 Å². The molecule has 3 nitrogen and oxygen atoms in total. The first-order valence-electron chi connectivity index (χ1n) is 7.55. The van der Waals surface area contributed by atoms with E-state index in [1.807, 2.05) is 23.1 Å². The van der Waals surface area contributed by atoms with Gasteiger partial charge in [0, 0.05) is 36.4 Å². The summed E-state index contributed by atoms with van der Waals surface area (Å²) in [6.07, 6.45) is 2.60. The van der Waals surface area contributed by atoms with E-state index in [1.165, 1.54) is 10.5 Å². The summed E-state index contributed by atoms with van der Waals surface area (Å²) in [6.45, 7) is 1.48. The summed E-state index contributed by atoms with van der Waals surface area (Å²) in [4.78, 5) is 15.3. The molecule has 0 saturated carbocycles. The maximum absolute atomic E-state index is 11.0. The normalized spacial score (nSPS) is 18.8. The highest BCUT2D eigenvalue weighted by Crippen LogP contribution is 2.49. The quantitative estimate of drug-likeness (QED) is 0.753. The van der Waals surface area contributed by atoms with Crippen LogP contribution in [0.15, 0.2) is 58.3 Å². The zero-order valence-electron chi connectivity index (χ0n) is 12.2. The van der Waals surface area contributed by atoms with Crippen LogP contribution in [0.1, 0.15) is 18.4 Å². The number of carbonyl (C=O) groups excluding carboxylic acids is 1. The molecule has 0 bridgehead atoms. The third-order valence-electron chi connectivity index (χ3n) is 4.51. The van der Waals surface area contributed by atoms with E-state index >= 15 is 0 Å². The largest absolute Gasteiger partial charge is 0.481 e. The van der Waals surface area contributed by atoms with E-state index in [-0.39, 0.29) is 5.60 Å². The van der Waals surface area contributed by atoms with E-state index in [9.17, 15) is 4.79 Å². The Morgan fingerprint density at radius 1 is 1.00 bits per heavy atom. The number of benzene rings is 2. The van der Waals surface area contributed by atoms with Crippen LogP contribution in [-0.4, -0.2) is 24.4 Å². The fourth-order valence-electron chi connectivity index (χ4n) is 3.30. The van der Waals surface area contributed by atoms with Crippen LogP contribution in [0.25, 0.3) is 0 Å². The monoisotopic (exact) mass is 311 g/mol. The minimum absolute atomic E-state index is 0.324. The molecule has 2 aliphatic rings. The Hall–Kier alpha value is -1.94. The lowest BCUT2D eigenvalue weighted by atomic mass is 9.84. The first-order valence-corrected chi connectivity index (χ1v) is 8.37. The zero-order chi connectivity index (χ0) is 15.0. The third-order valence-corrected chi connectivity index (χ3v) is 5.64. The molecule has 1 fully saturated rings. The maximum Gasteiger partial charge on any atom is 0.209 e. The number of para-hydroxylation sites is 1. The summed E-state index contributed by atoms with van der Waals surface area (Å²) in [5.74, 6) is 0.947. The molecule has 1 spiro atoms. The molecule has 1 amide bonds.